The van der Waals surface area contributed by atoms with E-state index < -0.39 is 0 Å². The molecule has 5 nitrogen and oxygen atoms in total. The minimum absolute atomic E-state index is 0.0917. The summed E-state index contributed by atoms with van der Waals surface area (Å²) in [5, 5.41) is 6.68. The quantitative estimate of drug-likeness (QED) is 0.554. The van der Waals surface area contributed by atoms with Gasteiger partial charge < -0.3 is 15.4 Å². The number of fused-ring (bicyclic) bond motifs is 1. The molecule has 4 rings (SSSR count). The normalized spacial score (nSPS) is 18.3. The molecular weight excluding hydrogens is 432 g/mol. The zero-order chi connectivity index (χ0) is 23.4. The number of carbonyl (C=O) groups excluding carboxylic acids is 2. The topological polar surface area (TPSA) is 67.4 Å². The first kappa shape index (κ1) is 23.7. The lowest BCUT2D eigenvalue weighted by molar-refractivity contribution is -0.111. The van der Waals surface area contributed by atoms with E-state index in [1.807, 2.05) is 18.2 Å². The van der Waals surface area contributed by atoms with E-state index >= 15 is 0 Å². The molecule has 2 N–H and O–H groups in total. The number of benzene rings is 1. The fourth-order valence-corrected chi connectivity index (χ4v) is 5.70. The number of ether oxygens (including phenoxy) is 1. The lowest BCUT2D eigenvalue weighted by Gasteiger charge is -2.18. The summed E-state index contributed by atoms with van der Waals surface area (Å²) in [5.41, 5.74) is 4.07. The van der Waals surface area contributed by atoms with E-state index in [-0.39, 0.29) is 23.3 Å². The van der Waals surface area contributed by atoms with Crippen molar-refractivity contribution in [2.24, 2.45) is 0 Å². The molecule has 1 fully saturated rings. The van der Waals surface area contributed by atoms with Crippen molar-refractivity contribution in [3.05, 3.63) is 57.5 Å². The predicted molar refractivity (Wildman–Crippen MR) is 135 cm³/mol. The van der Waals surface area contributed by atoms with E-state index in [1.54, 1.807) is 17.4 Å². The Morgan fingerprint density at radius 3 is 2.58 bits per heavy atom. The van der Waals surface area contributed by atoms with Crippen molar-refractivity contribution in [1.29, 1.82) is 0 Å². The fourth-order valence-electron chi connectivity index (χ4n) is 4.41. The Hall–Kier alpha value is -2.44. The molecule has 2 aromatic rings. The van der Waals surface area contributed by atoms with Gasteiger partial charge in [0.25, 0.3) is 5.91 Å². The van der Waals surface area contributed by atoms with Crippen LogP contribution >= 0.6 is 11.3 Å². The van der Waals surface area contributed by atoms with Gasteiger partial charge in [-0.1, -0.05) is 45.0 Å². The van der Waals surface area contributed by atoms with Crippen LogP contribution in [0.5, 0.6) is 0 Å². The molecule has 0 radical (unpaired) electrons. The molecule has 6 heteroatoms. The first-order valence-corrected chi connectivity index (χ1v) is 12.8. The Morgan fingerprint density at radius 2 is 1.88 bits per heavy atom. The minimum Gasteiger partial charge on any atom is -0.376 e. The van der Waals surface area contributed by atoms with Crippen molar-refractivity contribution < 1.29 is 14.3 Å². The summed E-state index contributed by atoms with van der Waals surface area (Å²) < 4.78 is 5.64. The van der Waals surface area contributed by atoms with Crippen LogP contribution in [0, 0.1) is 0 Å². The second-order valence-corrected chi connectivity index (χ2v) is 11.1. The van der Waals surface area contributed by atoms with Crippen LogP contribution in [0.2, 0.25) is 0 Å². The van der Waals surface area contributed by atoms with Gasteiger partial charge in [0.2, 0.25) is 5.91 Å². The predicted octanol–water partition coefficient (Wildman–Crippen LogP) is 5.49. The summed E-state index contributed by atoms with van der Waals surface area (Å²) in [5.74, 6) is -0.330. The molecule has 1 aliphatic carbocycles. The SMILES string of the molecule is CC(C)(C)c1ccc(/C=C/C(=O)Nc2sc3c(c2C(=O)NC[C@H]2CCCO2)CCCC3)cc1. The summed E-state index contributed by atoms with van der Waals surface area (Å²) in [7, 11) is 0. The van der Waals surface area contributed by atoms with Gasteiger partial charge in [0.15, 0.2) is 0 Å². The Kier molecular flexibility index (Phi) is 7.35. The highest BCUT2D eigenvalue weighted by Gasteiger charge is 2.27. The van der Waals surface area contributed by atoms with E-state index in [0.29, 0.717) is 17.1 Å². The number of amides is 2. The van der Waals surface area contributed by atoms with Gasteiger partial charge in [0.05, 0.1) is 11.7 Å². The molecule has 2 heterocycles. The average molecular weight is 467 g/mol. The molecule has 1 aromatic heterocycles. The highest BCUT2D eigenvalue weighted by atomic mass is 32.1. The first-order valence-electron chi connectivity index (χ1n) is 12.0. The minimum atomic E-state index is -0.221. The molecule has 0 spiro atoms. The number of anilines is 1. The molecule has 1 aliphatic heterocycles. The summed E-state index contributed by atoms with van der Waals surface area (Å²) >= 11 is 1.55. The molecule has 1 saturated heterocycles. The van der Waals surface area contributed by atoms with Crippen molar-refractivity contribution in [2.45, 2.75) is 70.8 Å². The van der Waals surface area contributed by atoms with Crippen molar-refractivity contribution >= 4 is 34.2 Å². The molecule has 176 valence electrons. The van der Waals surface area contributed by atoms with Crippen LogP contribution in [0.25, 0.3) is 6.08 Å². The third-order valence-corrected chi connectivity index (χ3v) is 7.56. The van der Waals surface area contributed by atoms with E-state index in [1.165, 1.54) is 10.4 Å². The molecule has 0 bridgehead atoms. The number of hydrogen-bond acceptors (Lipinski definition) is 4. The zero-order valence-corrected chi connectivity index (χ0v) is 20.6. The van der Waals surface area contributed by atoms with Gasteiger partial charge in [0, 0.05) is 24.1 Å². The maximum Gasteiger partial charge on any atom is 0.254 e. The van der Waals surface area contributed by atoms with Crippen molar-refractivity contribution in [2.75, 3.05) is 18.5 Å². The van der Waals surface area contributed by atoms with E-state index in [9.17, 15) is 9.59 Å². The second-order valence-electron chi connectivity index (χ2n) is 9.95. The third kappa shape index (κ3) is 5.92. The Bertz CT molecular complexity index is 1020. The van der Waals surface area contributed by atoms with Crippen molar-refractivity contribution in [1.82, 2.24) is 5.32 Å². The van der Waals surface area contributed by atoms with Crippen molar-refractivity contribution in [3.8, 4) is 0 Å². The molecule has 1 atom stereocenters. The Balaban J connectivity index is 1.46. The van der Waals surface area contributed by atoms with Crippen LogP contribution in [0.4, 0.5) is 5.00 Å². The zero-order valence-electron chi connectivity index (χ0n) is 19.8. The number of nitrogens with one attached hydrogen (secondary N) is 2. The average Bonchev–Trinajstić information content (AvgIpc) is 3.43. The van der Waals surface area contributed by atoms with E-state index in [2.05, 4.69) is 43.5 Å². The van der Waals surface area contributed by atoms with Crippen LogP contribution in [-0.2, 0) is 27.8 Å². The Labute approximate surface area is 200 Å². The summed E-state index contributed by atoms with van der Waals surface area (Å²) in [6, 6.07) is 8.25. The van der Waals surface area contributed by atoms with E-state index in [0.717, 1.165) is 56.3 Å². The monoisotopic (exact) mass is 466 g/mol. The van der Waals surface area contributed by atoms with Gasteiger partial charge >= 0.3 is 0 Å². The molecule has 0 unspecified atom stereocenters. The van der Waals surface area contributed by atoms with Crippen LogP contribution in [0.3, 0.4) is 0 Å². The summed E-state index contributed by atoms with van der Waals surface area (Å²) in [6.45, 7) is 7.82. The molecule has 1 aromatic carbocycles. The van der Waals surface area contributed by atoms with Crippen molar-refractivity contribution in [3.63, 3.8) is 0 Å². The molecule has 2 amide bonds. The number of carbonyl (C=O) groups is 2. The largest absolute Gasteiger partial charge is 0.376 e. The van der Waals surface area contributed by atoms with Gasteiger partial charge in [-0.05, 0) is 66.7 Å². The van der Waals surface area contributed by atoms with Gasteiger partial charge in [-0.15, -0.1) is 11.3 Å². The van der Waals surface area contributed by atoms with Gasteiger partial charge in [-0.3, -0.25) is 9.59 Å². The standard InChI is InChI=1S/C27H34N2O3S/c1-27(2,3)19-13-10-18(11-14-19)12-15-23(30)29-26-24(21-8-4-5-9-22(21)33-26)25(31)28-17-20-7-6-16-32-20/h10-15,20H,4-9,16-17H2,1-3H3,(H,28,31)(H,29,30)/b15-12+/t20-/m1/s1. The smallest absolute Gasteiger partial charge is 0.254 e. The van der Waals surface area contributed by atoms with Crippen LogP contribution in [0.1, 0.15) is 78.4 Å². The van der Waals surface area contributed by atoms with Gasteiger partial charge in [-0.25, -0.2) is 0 Å². The highest BCUT2D eigenvalue weighted by molar-refractivity contribution is 7.17. The van der Waals surface area contributed by atoms with E-state index in [4.69, 9.17) is 4.74 Å². The fraction of sp³-hybridized carbons (Fsp3) is 0.481. The number of thiophene rings is 1. The first-order chi connectivity index (χ1) is 15.8. The maximum absolute atomic E-state index is 13.1. The number of aryl methyl sites for hydroxylation is 1. The van der Waals surface area contributed by atoms with Crippen LogP contribution < -0.4 is 10.6 Å². The van der Waals surface area contributed by atoms with Gasteiger partial charge in [-0.2, -0.15) is 0 Å². The molecular formula is C27H34N2O3S. The number of hydrogen-bond donors (Lipinski definition) is 2. The molecule has 0 saturated carbocycles. The Morgan fingerprint density at radius 1 is 1.12 bits per heavy atom. The maximum atomic E-state index is 13.1. The summed E-state index contributed by atoms with van der Waals surface area (Å²) in [6.07, 6.45) is 9.53. The molecule has 33 heavy (non-hydrogen) atoms. The highest BCUT2D eigenvalue weighted by Crippen LogP contribution is 2.38. The van der Waals surface area contributed by atoms with Gasteiger partial charge in [0.1, 0.15) is 5.00 Å². The third-order valence-electron chi connectivity index (χ3n) is 6.35. The van der Waals surface area contributed by atoms with Crippen LogP contribution in [0.15, 0.2) is 30.3 Å². The lowest BCUT2D eigenvalue weighted by atomic mass is 9.87. The molecule has 2 aliphatic rings. The lowest BCUT2D eigenvalue weighted by Crippen LogP contribution is -2.32. The second kappa shape index (κ2) is 10.2. The van der Waals surface area contributed by atoms with Crippen LogP contribution in [-0.4, -0.2) is 31.1 Å². The summed E-state index contributed by atoms with van der Waals surface area (Å²) in [4.78, 5) is 27.0. The number of rotatable bonds is 6.